The summed E-state index contributed by atoms with van der Waals surface area (Å²) in [4.78, 5) is 49.1. The van der Waals surface area contributed by atoms with Crippen molar-refractivity contribution in [2.45, 2.75) is 25.9 Å². The molecule has 10 heteroatoms. The molecule has 1 N–H and O–H groups in total. The van der Waals surface area contributed by atoms with Crippen LogP contribution in [-0.2, 0) is 17.9 Å². The largest absolute Gasteiger partial charge is 0.342 e. The fourth-order valence-corrected chi connectivity index (χ4v) is 5.40. The number of imide groups is 1. The summed E-state index contributed by atoms with van der Waals surface area (Å²) < 4.78 is 0. The number of thiophene rings is 1. The summed E-state index contributed by atoms with van der Waals surface area (Å²) in [5.41, 5.74) is 3.81. The minimum Gasteiger partial charge on any atom is -0.295 e. The number of hydrogen-bond acceptors (Lipinski definition) is 7. The van der Waals surface area contributed by atoms with Gasteiger partial charge in [0, 0.05) is 43.2 Å². The van der Waals surface area contributed by atoms with Crippen molar-refractivity contribution in [1.29, 1.82) is 0 Å². The SMILES string of the molecule is O=C1CCN(N2Cc3cc(CN4CC=C(c5ncc6ccsc6n5)CC4)ccc3C2=O)C(=O)N1. The third-order valence-electron chi connectivity index (χ3n) is 6.47. The number of rotatable bonds is 4. The molecule has 6 rings (SSSR count). The van der Waals surface area contributed by atoms with Crippen molar-refractivity contribution in [2.75, 3.05) is 19.6 Å². The van der Waals surface area contributed by atoms with Gasteiger partial charge in [0.25, 0.3) is 5.91 Å². The van der Waals surface area contributed by atoms with Gasteiger partial charge in [-0.1, -0.05) is 18.2 Å². The second-order valence-electron chi connectivity index (χ2n) is 8.67. The Bertz CT molecular complexity index is 1370. The molecule has 4 amide bonds. The molecular weight excluding hydrogens is 452 g/mol. The first-order valence-corrected chi connectivity index (χ1v) is 12.1. The Hall–Kier alpha value is -3.63. The van der Waals surface area contributed by atoms with Gasteiger partial charge in [-0.05, 0) is 40.6 Å². The van der Waals surface area contributed by atoms with Gasteiger partial charge in [0.1, 0.15) is 4.83 Å². The number of carbonyl (C=O) groups is 3. The molecule has 0 saturated carbocycles. The van der Waals surface area contributed by atoms with Gasteiger partial charge in [-0.3, -0.25) is 19.8 Å². The van der Waals surface area contributed by atoms with E-state index in [1.165, 1.54) is 15.6 Å². The number of urea groups is 1. The summed E-state index contributed by atoms with van der Waals surface area (Å²) in [6.07, 6.45) is 5.17. The number of aromatic nitrogens is 2. The first-order chi connectivity index (χ1) is 16.5. The van der Waals surface area contributed by atoms with E-state index in [4.69, 9.17) is 4.98 Å². The van der Waals surface area contributed by atoms with Crippen molar-refractivity contribution in [3.8, 4) is 0 Å². The fraction of sp³-hybridized carbons (Fsp3) is 0.292. The van der Waals surface area contributed by atoms with E-state index in [9.17, 15) is 14.4 Å². The predicted octanol–water partition coefficient (Wildman–Crippen LogP) is 2.79. The highest BCUT2D eigenvalue weighted by molar-refractivity contribution is 7.16. The van der Waals surface area contributed by atoms with E-state index in [0.29, 0.717) is 12.1 Å². The smallest absolute Gasteiger partial charge is 0.295 e. The number of benzene rings is 1. The lowest BCUT2D eigenvalue weighted by Crippen LogP contribution is -2.56. The maximum Gasteiger partial charge on any atom is 0.342 e. The molecule has 172 valence electrons. The van der Waals surface area contributed by atoms with E-state index in [-0.39, 0.29) is 24.8 Å². The summed E-state index contributed by atoms with van der Waals surface area (Å²) in [7, 11) is 0. The molecular formula is C24H22N6O3S. The topological polar surface area (TPSA) is 98.7 Å². The van der Waals surface area contributed by atoms with Crippen LogP contribution in [0.25, 0.3) is 15.8 Å². The lowest BCUT2D eigenvalue weighted by atomic mass is 10.0. The Labute approximate surface area is 199 Å². The molecule has 3 aliphatic heterocycles. The predicted molar refractivity (Wildman–Crippen MR) is 126 cm³/mol. The number of amides is 4. The fourth-order valence-electron chi connectivity index (χ4n) is 4.66. The van der Waals surface area contributed by atoms with Gasteiger partial charge in [-0.15, -0.1) is 11.3 Å². The Morgan fingerprint density at radius 2 is 1.97 bits per heavy atom. The lowest BCUT2D eigenvalue weighted by molar-refractivity contribution is -0.123. The van der Waals surface area contributed by atoms with Crippen LogP contribution in [0, 0.1) is 0 Å². The van der Waals surface area contributed by atoms with E-state index >= 15 is 0 Å². The van der Waals surface area contributed by atoms with Crippen LogP contribution >= 0.6 is 11.3 Å². The number of nitrogens with one attached hydrogen (secondary N) is 1. The van der Waals surface area contributed by atoms with Crippen molar-refractivity contribution in [2.24, 2.45) is 0 Å². The van der Waals surface area contributed by atoms with Crippen LogP contribution in [0.2, 0.25) is 0 Å². The van der Waals surface area contributed by atoms with E-state index in [2.05, 4.69) is 21.3 Å². The molecule has 0 spiro atoms. The molecule has 2 aromatic heterocycles. The number of nitrogens with zero attached hydrogens (tertiary/aromatic N) is 5. The van der Waals surface area contributed by atoms with Gasteiger partial charge in [-0.2, -0.15) is 0 Å². The molecule has 1 saturated heterocycles. The van der Waals surface area contributed by atoms with Crippen LogP contribution in [0.3, 0.4) is 0 Å². The highest BCUT2D eigenvalue weighted by Crippen LogP contribution is 2.28. The van der Waals surface area contributed by atoms with E-state index in [1.54, 1.807) is 11.3 Å². The molecule has 34 heavy (non-hydrogen) atoms. The van der Waals surface area contributed by atoms with E-state index in [1.807, 2.05) is 35.8 Å². The van der Waals surface area contributed by atoms with Gasteiger partial charge in [0.15, 0.2) is 5.82 Å². The Morgan fingerprint density at radius 1 is 1.06 bits per heavy atom. The minimum atomic E-state index is -0.546. The molecule has 1 fully saturated rings. The zero-order chi connectivity index (χ0) is 23.2. The van der Waals surface area contributed by atoms with Crippen LogP contribution in [0.5, 0.6) is 0 Å². The van der Waals surface area contributed by atoms with Crippen molar-refractivity contribution < 1.29 is 14.4 Å². The number of hydrazine groups is 1. The van der Waals surface area contributed by atoms with Gasteiger partial charge in [-0.25, -0.2) is 24.8 Å². The number of carbonyl (C=O) groups excluding carboxylic acids is 3. The molecule has 0 aliphatic carbocycles. The third-order valence-corrected chi connectivity index (χ3v) is 7.29. The third kappa shape index (κ3) is 3.74. The molecule has 5 heterocycles. The lowest BCUT2D eigenvalue weighted by Gasteiger charge is -2.33. The minimum absolute atomic E-state index is 0.188. The molecule has 0 atom stereocenters. The van der Waals surface area contributed by atoms with E-state index < -0.39 is 6.03 Å². The second-order valence-corrected chi connectivity index (χ2v) is 9.56. The Balaban J connectivity index is 1.13. The van der Waals surface area contributed by atoms with Crippen molar-refractivity contribution in [1.82, 2.24) is 30.2 Å². The van der Waals surface area contributed by atoms with Crippen molar-refractivity contribution in [3.63, 3.8) is 0 Å². The quantitative estimate of drug-likeness (QED) is 0.624. The van der Waals surface area contributed by atoms with Crippen LogP contribution in [0.1, 0.15) is 40.2 Å². The zero-order valence-electron chi connectivity index (χ0n) is 18.4. The average molecular weight is 475 g/mol. The monoisotopic (exact) mass is 474 g/mol. The standard InChI is InChI=1S/C24H22N6O3S/c31-20-5-9-29(24(33)26-20)30-14-18-11-15(1-2-19(18)23(30)32)13-28-7-3-16(4-8-28)21-25-12-17-6-10-34-22(17)27-21/h1-3,6,10-12H,4-5,7-9,13-14H2,(H,26,31,33). The number of hydrogen-bond donors (Lipinski definition) is 1. The van der Waals surface area contributed by atoms with Gasteiger partial charge < -0.3 is 0 Å². The first kappa shape index (κ1) is 20.9. The molecule has 0 unspecified atom stereocenters. The second kappa shape index (κ2) is 8.30. The average Bonchev–Trinajstić information content (AvgIpc) is 3.43. The highest BCUT2D eigenvalue weighted by atomic mass is 32.1. The Kier molecular flexibility index (Phi) is 5.11. The van der Waals surface area contributed by atoms with Crippen LogP contribution in [0.15, 0.2) is 41.9 Å². The number of fused-ring (bicyclic) bond motifs is 2. The van der Waals surface area contributed by atoms with Crippen molar-refractivity contribution in [3.05, 3.63) is 64.4 Å². The summed E-state index contributed by atoms with van der Waals surface area (Å²) in [5.74, 6) is 0.290. The van der Waals surface area contributed by atoms with Crippen LogP contribution < -0.4 is 5.32 Å². The van der Waals surface area contributed by atoms with Crippen molar-refractivity contribution >= 4 is 45.0 Å². The summed E-state index contributed by atoms with van der Waals surface area (Å²) in [6.45, 7) is 3.03. The van der Waals surface area contributed by atoms with E-state index in [0.717, 1.165) is 53.2 Å². The molecule has 0 bridgehead atoms. The van der Waals surface area contributed by atoms with Gasteiger partial charge >= 0.3 is 6.03 Å². The summed E-state index contributed by atoms with van der Waals surface area (Å²) >= 11 is 1.63. The molecule has 3 aromatic rings. The van der Waals surface area contributed by atoms with Gasteiger partial charge in [0.05, 0.1) is 13.1 Å². The Morgan fingerprint density at radius 3 is 2.79 bits per heavy atom. The normalized spacial score (nSPS) is 18.9. The zero-order valence-corrected chi connectivity index (χ0v) is 19.2. The molecule has 3 aliphatic rings. The van der Waals surface area contributed by atoms with Gasteiger partial charge in [0.2, 0.25) is 5.91 Å². The highest BCUT2D eigenvalue weighted by Gasteiger charge is 2.36. The summed E-state index contributed by atoms with van der Waals surface area (Å²) in [5, 5.41) is 8.14. The van der Waals surface area contributed by atoms with Crippen LogP contribution in [-0.4, -0.2) is 62.4 Å². The molecule has 9 nitrogen and oxygen atoms in total. The molecule has 1 aromatic carbocycles. The van der Waals surface area contributed by atoms with Crippen LogP contribution in [0.4, 0.5) is 4.79 Å². The molecule has 0 radical (unpaired) electrons. The first-order valence-electron chi connectivity index (χ1n) is 11.2. The maximum atomic E-state index is 12.8. The maximum absolute atomic E-state index is 12.8. The summed E-state index contributed by atoms with van der Waals surface area (Å²) in [6, 6.07) is 7.36.